The van der Waals surface area contributed by atoms with Gasteiger partial charge in [-0.25, -0.2) is 4.98 Å². The van der Waals surface area contributed by atoms with Crippen molar-refractivity contribution in [3.63, 3.8) is 0 Å². The van der Waals surface area contributed by atoms with Gasteiger partial charge in [0.2, 0.25) is 0 Å². The van der Waals surface area contributed by atoms with Crippen LogP contribution in [0.1, 0.15) is 0 Å². The maximum absolute atomic E-state index is 15.1. The molecule has 0 aliphatic carbocycles. The van der Waals surface area contributed by atoms with Crippen LogP contribution < -0.4 is 15.9 Å². The molecule has 0 radical (unpaired) electrons. The predicted octanol–water partition coefficient (Wildman–Crippen LogP) is 6.41. The van der Waals surface area contributed by atoms with Crippen LogP contribution >= 0.6 is 7.14 Å². The molecule has 0 saturated carbocycles. The zero-order chi connectivity index (χ0) is 23.1. The molecule has 5 aromatic carbocycles. The lowest BCUT2D eigenvalue weighted by molar-refractivity contribution is 0.593. The van der Waals surface area contributed by atoms with E-state index in [-0.39, 0.29) is 0 Å². The summed E-state index contributed by atoms with van der Waals surface area (Å²) >= 11 is 0. The Morgan fingerprint density at radius 3 is 1.97 bits per heavy atom. The highest BCUT2D eigenvalue weighted by Gasteiger charge is 2.40. The molecule has 0 amide bonds. The molecule has 2 aromatic heterocycles. The van der Waals surface area contributed by atoms with Crippen molar-refractivity contribution >= 4 is 61.4 Å². The topological polar surface area (TPSA) is 34.4 Å². The predicted molar refractivity (Wildman–Crippen MR) is 146 cm³/mol. The molecule has 0 saturated heterocycles. The van der Waals surface area contributed by atoms with Crippen LogP contribution in [0.4, 0.5) is 0 Å². The van der Waals surface area contributed by atoms with E-state index in [2.05, 4.69) is 71.1 Å². The Kier molecular flexibility index (Phi) is 3.66. The molecule has 0 fully saturated rings. The van der Waals surface area contributed by atoms with Crippen LogP contribution in [0.2, 0.25) is 0 Å². The summed E-state index contributed by atoms with van der Waals surface area (Å²) in [6.45, 7) is 0. The smallest absolute Gasteiger partial charge is 0.172 e. The first-order chi connectivity index (χ1) is 17.2. The van der Waals surface area contributed by atoms with Crippen LogP contribution in [-0.4, -0.2) is 9.38 Å². The number of pyridine rings is 1. The molecule has 0 spiro atoms. The molecule has 0 unspecified atom stereocenters. The van der Waals surface area contributed by atoms with E-state index in [1.165, 1.54) is 0 Å². The van der Waals surface area contributed by atoms with Gasteiger partial charge in [-0.05, 0) is 34.7 Å². The third-order valence-electron chi connectivity index (χ3n) is 7.38. The number of imidazole rings is 1. The first-order valence-corrected chi connectivity index (χ1v) is 13.5. The fourth-order valence-electron chi connectivity index (χ4n) is 5.85. The minimum Gasteiger partial charge on any atom is -0.309 e. The lowest BCUT2D eigenvalue weighted by atomic mass is 10.1. The van der Waals surface area contributed by atoms with Gasteiger partial charge in [-0.1, -0.05) is 97.1 Å². The van der Waals surface area contributed by atoms with Gasteiger partial charge >= 0.3 is 0 Å². The normalized spacial score (nSPS) is 14.1. The average Bonchev–Trinajstić information content (AvgIpc) is 3.44. The highest BCUT2D eigenvalue weighted by atomic mass is 31.2. The Bertz CT molecular complexity index is 2000. The monoisotopic (exact) mass is 466 g/mol. The highest BCUT2D eigenvalue weighted by molar-refractivity contribution is 7.86. The zero-order valence-corrected chi connectivity index (χ0v) is 19.6. The summed E-state index contributed by atoms with van der Waals surface area (Å²) in [5, 5.41) is 6.11. The Morgan fingerprint density at radius 2 is 1.20 bits per heavy atom. The summed E-state index contributed by atoms with van der Waals surface area (Å²) in [6, 6.07) is 39.3. The number of hydrogen-bond acceptors (Lipinski definition) is 2. The van der Waals surface area contributed by atoms with E-state index in [9.17, 15) is 0 Å². The molecule has 3 heterocycles. The van der Waals surface area contributed by atoms with Crippen molar-refractivity contribution in [3.8, 4) is 11.1 Å². The van der Waals surface area contributed by atoms with Crippen molar-refractivity contribution in [3.05, 3.63) is 115 Å². The van der Waals surface area contributed by atoms with E-state index in [0.717, 1.165) is 65.4 Å². The second-order valence-corrected chi connectivity index (χ2v) is 11.8. The van der Waals surface area contributed by atoms with E-state index in [1.807, 2.05) is 48.5 Å². The van der Waals surface area contributed by atoms with Crippen molar-refractivity contribution in [1.29, 1.82) is 0 Å². The van der Waals surface area contributed by atoms with Crippen molar-refractivity contribution in [2.24, 2.45) is 0 Å². The van der Waals surface area contributed by atoms with Gasteiger partial charge in [0.1, 0.15) is 5.65 Å². The number of rotatable bonds is 1. The van der Waals surface area contributed by atoms with Gasteiger partial charge in [-0.2, -0.15) is 0 Å². The molecule has 0 bridgehead atoms. The van der Waals surface area contributed by atoms with Crippen molar-refractivity contribution in [1.82, 2.24) is 9.38 Å². The summed E-state index contributed by atoms with van der Waals surface area (Å²) in [7, 11) is -3.02. The van der Waals surface area contributed by atoms with Gasteiger partial charge < -0.3 is 4.57 Å². The van der Waals surface area contributed by atoms with Gasteiger partial charge in [0.05, 0.1) is 16.6 Å². The standard InChI is InChI=1S/C31H19N2OP/c34-35(29-15-7-3-10-23(29)24-11-4-8-16-30(24)35)20-17-18-22-21-9-1-2-12-25(21)31-32-26-13-5-6-14-27(26)33(31)28(22)19-20/h1-19H. The zero-order valence-electron chi connectivity index (χ0n) is 18.7. The van der Waals surface area contributed by atoms with Crippen LogP contribution in [0.5, 0.6) is 0 Å². The lowest BCUT2D eigenvalue weighted by Gasteiger charge is -2.17. The van der Waals surface area contributed by atoms with Crippen molar-refractivity contribution in [2.75, 3.05) is 0 Å². The fourth-order valence-corrected chi connectivity index (χ4v) is 8.92. The molecule has 8 rings (SSSR count). The first-order valence-electron chi connectivity index (χ1n) is 11.8. The highest BCUT2D eigenvalue weighted by Crippen LogP contribution is 2.52. The molecule has 1 aliphatic heterocycles. The first kappa shape index (κ1) is 19.1. The largest absolute Gasteiger partial charge is 0.309 e. The van der Waals surface area contributed by atoms with Gasteiger partial charge in [0, 0.05) is 26.7 Å². The van der Waals surface area contributed by atoms with Crippen LogP contribution in [0, 0.1) is 0 Å². The minimum atomic E-state index is -3.02. The number of para-hydroxylation sites is 2. The van der Waals surface area contributed by atoms with E-state index in [4.69, 9.17) is 4.98 Å². The van der Waals surface area contributed by atoms with Gasteiger partial charge in [-0.15, -0.1) is 0 Å². The second kappa shape index (κ2) is 6.69. The van der Waals surface area contributed by atoms with Crippen LogP contribution in [0.3, 0.4) is 0 Å². The van der Waals surface area contributed by atoms with Crippen LogP contribution in [0.15, 0.2) is 115 Å². The second-order valence-electron chi connectivity index (χ2n) is 9.15. The quantitative estimate of drug-likeness (QED) is 0.207. The van der Waals surface area contributed by atoms with E-state index in [1.54, 1.807) is 0 Å². The van der Waals surface area contributed by atoms with E-state index in [0.29, 0.717) is 0 Å². The van der Waals surface area contributed by atoms with Crippen LogP contribution in [0.25, 0.3) is 49.5 Å². The number of nitrogens with zero attached hydrogens (tertiary/aromatic N) is 2. The lowest BCUT2D eigenvalue weighted by Crippen LogP contribution is -2.21. The SMILES string of the molecule is O=P1(c2ccc3c4ccccc4c4nc5ccccc5n4c3c2)c2ccccc2-c2ccccc21. The number of benzene rings is 5. The third-order valence-corrected chi connectivity index (χ3v) is 10.5. The summed E-state index contributed by atoms with van der Waals surface area (Å²) in [4.78, 5) is 5.00. The summed E-state index contributed by atoms with van der Waals surface area (Å²) in [5.74, 6) is 0. The minimum absolute atomic E-state index is 0.858. The van der Waals surface area contributed by atoms with Crippen LogP contribution in [-0.2, 0) is 4.57 Å². The average molecular weight is 466 g/mol. The number of aromatic nitrogens is 2. The van der Waals surface area contributed by atoms with E-state index < -0.39 is 7.14 Å². The number of hydrogen-bond donors (Lipinski definition) is 0. The third kappa shape index (κ3) is 2.36. The van der Waals surface area contributed by atoms with Crippen molar-refractivity contribution < 1.29 is 4.57 Å². The summed E-state index contributed by atoms with van der Waals surface area (Å²) in [5.41, 5.74) is 6.12. The Hall–Kier alpha value is -4.20. The molecule has 0 atom stereocenters. The maximum atomic E-state index is 15.1. The van der Waals surface area contributed by atoms with Crippen molar-refractivity contribution in [2.45, 2.75) is 0 Å². The Balaban J connectivity index is 1.55. The van der Waals surface area contributed by atoms with E-state index >= 15 is 4.57 Å². The molecule has 1 aliphatic rings. The Morgan fingerprint density at radius 1 is 0.571 bits per heavy atom. The summed E-state index contributed by atoms with van der Waals surface area (Å²) < 4.78 is 17.3. The molecule has 4 heteroatoms. The molecule has 164 valence electrons. The van der Waals surface area contributed by atoms with Gasteiger partial charge in [-0.3, -0.25) is 4.40 Å². The fraction of sp³-hybridized carbons (Fsp3) is 0. The molecule has 3 nitrogen and oxygen atoms in total. The molecule has 7 aromatic rings. The van der Waals surface area contributed by atoms with Gasteiger partial charge in [0.25, 0.3) is 0 Å². The number of fused-ring (bicyclic) bond motifs is 11. The molecular formula is C31H19N2OP. The molecular weight excluding hydrogens is 447 g/mol. The maximum Gasteiger partial charge on any atom is 0.172 e. The Labute approximate surface area is 201 Å². The molecule has 35 heavy (non-hydrogen) atoms. The molecule has 0 N–H and O–H groups in total. The van der Waals surface area contributed by atoms with Gasteiger partial charge in [0.15, 0.2) is 7.14 Å². The summed E-state index contributed by atoms with van der Waals surface area (Å²) in [6.07, 6.45) is 0.